The Kier molecular flexibility index (Phi) is 6.58. The summed E-state index contributed by atoms with van der Waals surface area (Å²) in [6.45, 7) is 0.832. The number of nitrogens with zero attached hydrogens (tertiary/aromatic N) is 3. The van der Waals surface area contributed by atoms with Gasteiger partial charge in [0.1, 0.15) is 12.0 Å². The molecule has 1 N–H and O–H groups in total. The first-order valence-corrected chi connectivity index (χ1v) is 9.11. The number of hydrogen-bond donors (Lipinski definition) is 1. The Morgan fingerprint density at radius 3 is 2.77 bits per heavy atom. The highest BCUT2D eigenvalue weighted by Gasteiger charge is 2.20. The summed E-state index contributed by atoms with van der Waals surface area (Å²) in [7, 11) is 1.33. The molecule has 1 aliphatic heterocycles. The maximum atomic E-state index is 12.3. The Balaban J connectivity index is 1.48. The quantitative estimate of drug-likeness (QED) is 0.422. The van der Waals surface area contributed by atoms with E-state index in [-0.39, 0.29) is 29.6 Å². The fourth-order valence-electron chi connectivity index (χ4n) is 3.04. The molecule has 0 atom stereocenters. The molecular formula is C20H20N4O6. The lowest BCUT2D eigenvalue weighted by Gasteiger charge is -2.28. The molecule has 0 aromatic heterocycles. The van der Waals surface area contributed by atoms with Crippen LogP contribution in [0.2, 0.25) is 0 Å². The van der Waals surface area contributed by atoms with Crippen LogP contribution in [0.5, 0.6) is 5.75 Å². The first-order chi connectivity index (χ1) is 14.5. The number of benzene rings is 2. The van der Waals surface area contributed by atoms with Crippen LogP contribution in [-0.2, 0) is 27.4 Å². The zero-order chi connectivity index (χ0) is 21.5. The highest BCUT2D eigenvalue weighted by Crippen LogP contribution is 2.28. The van der Waals surface area contributed by atoms with E-state index in [1.54, 1.807) is 4.90 Å². The number of non-ortho nitro benzene ring substituents is 1. The molecule has 10 nitrogen and oxygen atoms in total. The van der Waals surface area contributed by atoms with Crippen LogP contribution in [0, 0.1) is 10.1 Å². The second-order valence-electron chi connectivity index (χ2n) is 6.47. The van der Waals surface area contributed by atoms with Gasteiger partial charge in [0.2, 0.25) is 0 Å². The Hall–Kier alpha value is -3.95. The third-order valence-electron chi connectivity index (χ3n) is 4.57. The molecule has 0 bridgehead atoms. The first-order valence-electron chi connectivity index (χ1n) is 9.11. The van der Waals surface area contributed by atoms with Crippen LogP contribution in [0.1, 0.15) is 11.1 Å². The molecule has 0 fully saturated rings. The van der Waals surface area contributed by atoms with E-state index in [4.69, 9.17) is 9.57 Å². The van der Waals surface area contributed by atoms with Crippen LogP contribution in [0.4, 0.5) is 11.4 Å². The van der Waals surface area contributed by atoms with E-state index in [1.165, 1.54) is 30.9 Å². The van der Waals surface area contributed by atoms with Gasteiger partial charge in [-0.3, -0.25) is 19.7 Å². The number of hydrogen-bond acceptors (Lipinski definition) is 7. The number of methoxy groups -OCH3 is 1. The van der Waals surface area contributed by atoms with Crippen molar-refractivity contribution in [3.8, 4) is 5.75 Å². The standard InChI is InChI=1S/C20H20N4O6/c1-29-18-10-16(24(27)28)6-7-17(18)22-19(25)11-21-30-13-20(26)23-9-8-14-4-2-3-5-15(14)12-23/h2-7,10-11H,8-9,12-13H2,1H3,(H,22,25)/b21-11-. The second-order valence-corrected chi connectivity index (χ2v) is 6.47. The van der Waals surface area contributed by atoms with E-state index >= 15 is 0 Å². The highest BCUT2D eigenvalue weighted by molar-refractivity contribution is 6.31. The van der Waals surface area contributed by atoms with Crippen LogP contribution >= 0.6 is 0 Å². The molecule has 1 aliphatic rings. The smallest absolute Gasteiger partial charge is 0.273 e. The van der Waals surface area contributed by atoms with Crippen LogP contribution < -0.4 is 10.1 Å². The van der Waals surface area contributed by atoms with Gasteiger partial charge in [0.15, 0.2) is 6.61 Å². The van der Waals surface area contributed by atoms with Crippen LogP contribution in [-0.4, -0.2) is 48.1 Å². The van der Waals surface area contributed by atoms with Gasteiger partial charge in [-0.1, -0.05) is 29.4 Å². The second kappa shape index (κ2) is 9.50. The number of rotatable bonds is 7. The van der Waals surface area contributed by atoms with Crippen molar-refractivity contribution in [2.24, 2.45) is 5.16 Å². The SMILES string of the molecule is COc1cc([N+](=O)[O-])ccc1NC(=O)/C=N\OCC(=O)N1CCc2ccccc2C1. The molecule has 156 valence electrons. The molecule has 3 rings (SSSR count). The maximum Gasteiger partial charge on any atom is 0.273 e. The van der Waals surface area contributed by atoms with Gasteiger partial charge in [0.25, 0.3) is 17.5 Å². The molecule has 1 heterocycles. The van der Waals surface area contributed by atoms with Crippen LogP contribution in [0.3, 0.4) is 0 Å². The lowest BCUT2D eigenvalue weighted by atomic mass is 10.00. The predicted octanol–water partition coefficient (Wildman–Crippen LogP) is 2.13. The maximum absolute atomic E-state index is 12.3. The molecule has 0 aliphatic carbocycles. The van der Waals surface area contributed by atoms with Gasteiger partial charge in [-0.05, 0) is 23.6 Å². The number of nitro groups is 1. The number of carbonyl (C=O) groups is 2. The number of nitrogens with one attached hydrogen (secondary N) is 1. The van der Waals surface area contributed by atoms with E-state index in [9.17, 15) is 19.7 Å². The summed E-state index contributed by atoms with van der Waals surface area (Å²) in [4.78, 5) is 41.1. The number of carbonyl (C=O) groups excluding carboxylic acids is 2. The van der Waals surface area contributed by atoms with Gasteiger partial charge in [-0.15, -0.1) is 0 Å². The molecule has 0 saturated carbocycles. The van der Waals surface area contributed by atoms with Crippen molar-refractivity contribution in [2.75, 3.05) is 25.6 Å². The number of nitro benzene ring substituents is 1. The first kappa shape index (κ1) is 20.8. The molecular weight excluding hydrogens is 392 g/mol. The lowest BCUT2D eigenvalue weighted by molar-refractivity contribution is -0.384. The Morgan fingerprint density at radius 2 is 2.03 bits per heavy atom. The Morgan fingerprint density at radius 1 is 1.27 bits per heavy atom. The Bertz CT molecular complexity index is 991. The molecule has 2 aromatic carbocycles. The van der Waals surface area contributed by atoms with Crippen molar-refractivity contribution in [1.82, 2.24) is 4.90 Å². The fraction of sp³-hybridized carbons (Fsp3) is 0.250. The highest BCUT2D eigenvalue weighted by atomic mass is 16.6. The summed E-state index contributed by atoms with van der Waals surface area (Å²) in [6.07, 6.45) is 1.66. The van der Waals surface area contributed by atoms with E-state index < -0.39 is 10.8 Å². The number of ether oxygens (including phenoxy) is 1. The summed E-state index contributed by atoms with van der Waals surface area (Å²) in [5.74, 6) is -0.729. The number of fused-ring (bicyclic) bond motifs is 1. The zero-order valence-corrected chi connectivity index (χ0v) is 16.2. The van der Waals surface area contributed by atoms with Crippen molar-refractivity contribution in [1.29, 1.82) is 0 Å². The number of oxime groups is 1. The third kappa shape index (κ3) is 5.10. The molecule has 0 spiro atoms. The minimum atomic E-state index is -0.637. The average Bonchev–Trinajstić information content (AvgIpc) is 2.76. The molecule has 2 aromatic rings. The summed E-state index contributed by atoms with van der Waals surface area (Å²) in [6, 6.07) is 11.7. The normalized spacial score (nSPS) is 12.9. The fourth-order valence-corrected chi connectivity index (χ4v) is 3.04. The van der Waals surface area contributed by atoms with Crippen molar-refractivity contribution in [3.63, 3.8) is 0 Å². The van der Waals surface area contributed by atoms with Crippen LogP contribution in [0.25, 0.3) is 0 Å². The topological polar surface area (TPSA) is 123 Å². The van der Waals surface area contributed by atoms with Gasteiger partial charge in [0.05, 0.1) is 23.8 Å². The van der Waals surface area contributed by atoms with Crippen molar-refractivity contribution < 1.29 is 24.1 Å². The molecule has 0 saturated heterocycles. The van der Waals surface area contributed by atoms with E-state index in [0.29, 0.717) is 13.1 Å². The van der Waals surface area contributed by atoms with Crippen molar-refractivity contribution in [2.45, 2.75) is 13.0 Å². The summed E-state index contributed by atoms with van der Waals surface area (Å²) < 4.78 is 5.04. The van der Waals surface area contributed by atoms with E-state index in [0.717, 1.165) is 18.2 Å². The third-order valence-corrected chi connectivity index (χ3v) is 4.57. The van der Waals surface area contributed by atoms with E-state index in [1.807, 2.05) is 18.2 Å². The largest absolute Gasteiger partial charge is 0.494 e. The summed E-state index contributed by atoms with van der Waals surface area (Å²) in [5, 5.41) is 16.8. The number of amides is 2. The van der Waals surface area contributed by atoms with Gasteiger partial charge in [0, 0.05) is 19.2 Å². The van der Waals surface area contributed by atoms with Gasteiger partial charge >= 0.3 is 0 Å². The minimum absolute atomic E-state index is 0.132. The number of anilines is 1. The summed E-state index contributed by atoms with van der Waals surface area (Å²) in [5.41, 5.74) is 2.42. The predicted molar refractivity (Wildman–Crippen MR) is 108 cm³/mol. The average molecular weight is 412 g/mol. The molecule has 0 radical (unpaired) electrons. The molecule has 2 amide bonds. The lowest BCUT2D eigenvalue weighted by Crippen LogP contribution is -2.37. The summed E-state index contributed by atoms with van der Waals surface area (Å²) >= 11 is 0. The van der Waals surface area contributed by atoms with Gasteiger partial charge < -0.3 is 19.8 Å². The minimum Gasteiger partial charge on any atom is -0.494 e. The monoisotopic (exact) mass is 412 g/mol. The zero-order valence-electron chi connectivity index (χ0n) is 16.2. The van der Waals surface area contributed by atoms with E-state index in [2.05, 4.69) is 16.5 Å². The Labute approximate surface area is 172 Å². The molecule has 10 heteroatoms. The van der Waals surface area contributed by atoms with Crippen LogP contribution in [0.15, 0.2) is 47.6 Å². The van der Waals surface area contributed by atoms with Crippen molar-refractivity contribution >= 4 is 29.4 Å². The van der Waals surface area contributed by atoms with Crippen molar-refractivity contribution in [3.05, 3.63) is 63.7 Å². The van der Waals surface area contributed by atoms with Gasteiger partial charge in [-0.2, -0.15) is 0 Å². The van der Waals surface area contributed by atoms with Gasteiger partial charge in [-0.25, -0.2) is 0 Å². The molecule has 30 heavy (non-hydrogen) atoms. The molecule has 0 unspecified atom stereocenters.